The van der Waals surface area contributed by atoms with Gasteiger partial charge >= 0.3 is 11.9 Å². The van der Waals surface area contributed by atoms with E-state index in [4.69, 9.17) is 9.47 Å². The Kier molecular flexibility index (Phi) is 9.95. The molecule has 0 aliphatic heterocycles. The van der Waals surface area contributed by atoms with Crippen molar-refractivity contribution in [3.05, 3.63) is 108 Å². The maximum atomic E-state index is 13.0. The lowest BCUT2D eigenvalue weighted by atomic mass is 9.82. The van der Waals surface area contributed by atoms with Crippen LogP contribution in [-0.2, 0) is 32.1 Å². The molecular weight excluding hydrogens is 524 g/mol. The highest BCUT2D eigenvalue weighted by Gasteiger charge is 2.38. The van der Waals surface area contributed by atoms with E-state index in [-0.39, 0.29) is 18.7 Å². The number of carbonyl (C=O) groups is 3. The average Bonchev–Trinajstić information content (AvgIpc) is 3.55. The minimum Gasteiger partial charge on any atom is -0.458 e. The van der Waals surface area contributed by atoms with Gasteiger partial charge < -0.3 is 19.9 Å². The number of H-pyrrole nitrogens is 1. The number of aliphatic hydroxyl groups is 1. The Morgan fingerprint density at radius 2 is 1.56 bits per heavy atom. The van der Waals surface area contributed by atoms with E-state index in [2.05, 4.69) is 20.7 Å². The molecule has 2 atom stereocenters. The topological polar surface area (TPSA) is 144 Å². The number of amides is 1. The van der Waals surface area contributed by atoms with Gasteiger partial charge in [0, 0.05) is 6.04 Å². The fourth-order valence-electron chi connectivity index (χ4n) is 4.33. The van der Waals surface area contributed by atoms with E-state index in [0.29, 0.717) is 6.42 Å². The number of nitrogens with one attached hydrogen (secondary N) is 2. The minimum absolute atomic E-state index is 0.0368. The number of hydrogen-bond donors (Lipinski definition) is 3. The summed E-state index contributed by atoms with van der Waals surface area (Å²) in [6.07, 6.45) is 1.70. The van der Waals surface area contributed by atoms with Crippen molar-refractivity contribution in [2.75, 3.05) is 13.2 Å². The predicted molar refractivity (Wildman–Crippen MR) is 150 cm³/mol. The van der Waals surface area contributed by atoms with E-state index in [1.165, 1.54) is 13.1 Å². The second-order valence-electron chi connectivity index (χ2n) is 9.95. The van der Waals surface area contributed by atoms with Gasteiger partial charge in [-0.1, -0.05) is 90.1 Å². The number of aromatic nitrogens is 3. The summed E-state index contributed by atoms with van der Waals surface area (Å²) in [5.74, 6) is -1.95. The van der Waals surface area contributed by atoms with Gasteiger partial charge in [-0.3, -0.25) is 14.7 Å². The Balaban J connectivity index is 1.42. The second-order valence-corrected chi connectivity index (χ2v) is 9.95. The molecule has 4 rings (SSSR count). The maximum Gasteiger partial charge on any atom is 0.344 e. The molecule has 0 aliphatic carbocycles. The molecule has 0 saturated carbocycles. The van der Waals surface area contributed by atoms with Crippen LogP contribution in [-0.4, -0.2) is 57.6 Å². The molecule has 4 aromatic rings. The Morgan fingerprint density at radius 3 is 2.20 bits per heavy atom. The van der Waals surface area contributed by atoms with Crippen LogP contribution in [0.4, 0.5) is 0 Å². The molecule has 2 unspecified atom stereocenters. The first-order valence-corrected chi connectivity index (χ1v) is 13.2. The number of hydrogen-bond acceptors (Lipinski definition) is 8. The highest BCUT2D eigenvalue weighted by atomic mass is 16.6. The molecule has 0 fully saturated rings. The monoisotopic (exact) mass is 556 g/mol. The van der Waals surface area contributed by atoms with Gasteiger partial charge in [-0.25, -0.2) is 4.79 Å². The fourth-order valence-corrected chi connectivity index (χ4v) is 4.33. The molecule has 10 nitrogen and oxygen atoms in total. The summed E-state index contributed by atoms with van der Waals surface area (Å²) in [4.78, 5) is 38.1. The highest BCUT2D eigenvalue weighted by molar-refractivity contribution is 5.92. The first kappa shape index (κ1) is 29.2. The van der Waals surface area contributed by atoms with Gasteiger partial charge in [0.2, 0.25) is 0 Å². The first-order chi connectivity index (χ1) is 19.9. The third kappa shape index (κ3) is 8.33. The van der Waals surface area contributed by atoms with Crippen LogP contribution in [0, 0.1) is 5.41 Å². The molecule has 212 valence electrons. The molecule has 0 radical (unpaired) electrons. The fraction of sp³-hybridized carbons (Fsp3) is 0.258. The van der Waals surface area contributed by atoms with Crippen LogP contribution in [0.1, 0.15) is 35.0 Å². The van der Waals surface area contributed by atoms with E-state index in [1.807, 2.05) is 84.9 Å². The van der Waals surface area contributed by atoms with Crippen molar-refractivity contribution in [3.63, 3.8) is 0 Å². The third-order valence-electron chi connectivity index (χ3n) is 6.64. The second kappa shape index (κ2) is 14.0. The van der Waals surface area contributed by atoms with Crippen LogP contribution in [0.25, 0.3) is 11.1 Å². The van der Waals surface area contributed by atoms with Crippen LogP contribution in [0.5, 0.6) is 0 Å². The summed E-state index contributed by atoms with van der Waals surface area (Å²) >= 11 is 0. The number of esters is 2. The van der Waals surface area contributed by atoms with Gasteiger partial charge in [0.25, 0.3) is 5.91 Å². The zero-order chi connectivity index (χ0) is 29.1. The van der Waals surface area contributed by atoms with Crippen LogP contribution >= 0.6 is 0 Å². The normalized spacial score (nSPS) is 13.0. The number of rotatable bonds is 13. The Morgan fingerprint density at radius 1 is 0.902 bits per heavy atom. The van der Waals surface area contributed by atoms with Gasteiger partial charge in [-0.05, 0) is 42.0 Å². The van der Waals surface area contributed by atoms with Gasteiger partial charge in [-0.2, -0.15) is 0 Å². The number of benzene rings is 3. The van der Waals surface area contributed by atoms with E-state index >= 15 is 0 Å². The molecular formula is C31H32N4O6. The SMILES string of the molecule is CC(CO)(CC(Cc1ccc(-c2ccccc2)cc1)NC(=O)c1cnn[nH]1)C(=O)OCC(=O)OCc1ccccc1. The molecule has 41 heavy (non-hydrogen) atoms. The highest BCUT2D eigenvalue weighted by Crippen LogP contribution is 2.27. The number of carbonyl (C=O) groups excluding carboxylic acids is 3. The lowest BCUT2D eigenvalue weighted by Gasteiger charge is -2.30. The van der Waals surface area contributed by atoms with Crippen molar-refractivity contribution in [1.29, 1.82) is 0 Å². The zero-order valence-corrected chi connectivity index (χ0v) is 22.7. The molecule has 1 aromatic heterocycles. The smallest absolute Gasteiger partial charge is 0.344 e. The zero-order valence-electron chi connectivity index (χ0n) is 22.7. The van der Waals surface area contributed by atoms with Crippen molar-refractivity contribution in [3.8, 4) is 11.1 Å². The summed E-state index contributed by atoms with van der Waals surface area (Å²) in [5.41, 5.74) is 2.58. The molecule has 0 bridgehead atoms. The van der Waals surface area contributed by atoms with E-state index in [1.54, 1.807) is 0 Å². The van der Waals surface area contributed by atoms with E-state index in [0.717, 1.165) is 22.3 Å². The average molecular weight is 557 g/mol. The molecule has 3 aromatic carbocycles. The number of ether oxygens (including phenoxy) is 2. The third-order valence-corrected chi connectivity index (χ3v) is 6.64. The van der Waals surface area contributed by atoms with Crippen LogP contribution in [0.15, 0.2) is 91.1 Å². The quantitative estimate of drug-likeness (QED) is 0.212. The molecule has 0 aliphatic rings. The first-order valence-electron chi connectivity index (χ1n) is 13.2. The Labute approximate surface area is 237 Å². The van der Waals surface area contributed by atoms with Gasteiger partial charge in [-0.15, -0.1) is 5.10 Å². The van der Waals surface area contributed by atoms with Crippen molar-refractivity contribution in [1.82, 2.24) is 20.7 Å². The van der Waals surface area contributed by atoms with Crippen LogP contribution < -0.4 is 5.32 Å². The van der Waals surface area contributed by atoms with E-state index in [9.17, 15) is 19.5 Å². The van der Waals surface area contributed by atoms with E-state index < -0.39 is 42.5 Å². The Hall–Kier alpha value is -4.83. The molecule has 0 saturated heterocycles. The van der Waals surface area contributed by atoms with Crippen molar-refractivity contribution >= 4 is 17.8 Å². The van der Waals surface area contributed by atoms with Crippen molar-refractivity contribution in [2.24, 2.45) is 5.41 Å². The summed E-state index contributed by atoms with van der Waals surface area (Å²) in [5, 5.41) is 22.9. The molecule has 0 spiro atoms. The number of aliphatic hydroxyl groups excluding tert-OH is 1. The lowest BCUT2D eigenvalue weighted by molar-refractivity contribution is -0.168. The van der Waals surface area contributed by atoms with Gasteiger partial charge in [0.1, 0.15) is 12.3 Å². The number of nitrogens with zero attached hydrogens (tertiary/aromatic N) is 2. The summed E-state index contributed by atoms with van der Waals surface area (Å²) in [6, 6.07) is 26.4. The van der Waals surface area contributed by atoms with Gasteiger partial charge in [0.15, 0.2) is 6.61 Å². The minimum atomic E-state index is -1.41. The van der Waals surface area contributed by atoms with Crippen molar-refractivity contribution < 1.29 is 29.0 Å². The lowest BCUT2D eigenvalue weighted by Crippen LogP contribution is -2.45. The standard InChI is InChI=1S/C31H32N4O6/c1-31(21-36,30(39)41-20-28(37)40-19-23-8-4-2-5-9-23)17-26(33-29(38)27-18-32-35-34-27)16-22-12-14-25(15-13-22)24-10-6-3-7-11-24/h2-15,18,26,36H,16-17,19-21H2,1H3,(H,33,38)(H,32,34,35). The van der Waals surface area contributed by atoms with Crippen molar-refractivity contribution in [2.45, 2.75) is 32.4 Å². The Bertz CT molecular complexity index is 1410. The molecule has 10 heteroatoms. The number of aromatic amines is 1. The van der Waals surface area contributed by atoms with Crippen LogP contribution in [0.2, 0.25) is 0 Å². The molecule has 1 heterocycles. The van der Waals surface area contributed by atoms with Crippen LogP contribution in [0.3, 0.4) is 0 Å². The maximum absolute atomic E-state index is 13.0. The summed E-state index contributed by atoms with van der Waals surface area (Å²) < 4.78 is 10.4. The van der Waals surface area contributed by atoms with Gasteiger partial charge in [0.05, 0.1) is 18.2 Å². The molecule has 1 amide bonds. The predicted octanol–water partition coefficient (Wildman–Crippen LogP) is 3.49. The summed E-state index contributed by atoms with van der Waals surface area (Å²) in [6.45, 7) is 0.420. The summed E-state index contributed by atoms with van der Waals surface area (Å²) in [7, 11) is 0. The molecule has 3 N–H and O–H groups in total. The largest absolute Gasteiger partial charge is 0.458 e.